The molecule has 3 aromatic rings. The fraction of sp³-hybridized carbons (Fsp3) is 0.483. The van der Waals surface area contributed by atoms with Crippen molar-refractivity contribution in [1.82, 2.24) is 15.2 Å². The van der Waals surface area contributed by atoms with Crippen LogP contribution in [0.1, 0.15) is 64.0 Å². The highest BCUT2D eigenvalue weighted by Gasteiger charge is 2.18. The van der Waals surface area contributed by atoms with Gasteiger partial charge in [0.25, 0.3) is 0 Å². The number of nitrogens with one attached hydrogen (secondary N) is 2. The Hall–Kier alpha value is -2.59. The molecule has 1 fully saturated rings. The number of carbonyl (C=O) groups is 1. The maximum atomic E-state index is 12.6. The largest absolute Gasteiger partial charge is 0.361 e. The highest BCUT2D eigenvalue weighted by Crippen LogP contribution is 2.29. The Balaban J connectivity index is 1.34. The third kappa shape index (κ3) is 5.86. The molecule has 1 heterocycles. The Bertz CT molecular complexity index is 1070. The SMILES string of the molecule is CN(CCNC(=O)Cc1c[nH]c2cc(-c3ccc(C(C)(C)C)cc3)ccc12)C1CCCCC1. The average Bonchev–Trinajstić information content (AvgIpc) is 3.21. The van der Waals surface area contributed by atoms with Gasteiger partial charge in [0, 0.05) is 36.2 Å². The van der Waals surface area contributed by atoms with Gasteiger partial charge in [-0.1, -0.05) is 76.4 Å². The first-order valence-corrected chi connectivity index (χ1v) is 12.5. The number of hydrogen-bond donors (Lipinski definition) is 2. The van der Waals surface area contributed by atoms with Crippen molar-refractivity contribution in [2.75, 3.05) is 20.1 Å². The Morgan fingerprint density at radius 3 is 2.42 bits per heavy atom. The van der Waals surface area contributed by atoms with Crippen LogP contribution in [-0.2, 0) is 16.6 Å². The minimum absolute atomic E-state index is 0.0924. The number of aromatic amines is 1. The third-order valence-electron chi connectivity index (χ3n) is 7.19. The van der Waals surface area contributed by atoms with Gasteiger partial charge in [0.2, 0.25) is 5.91 Å². The van der Waals surface area contributed by atoms with Gasteiger partial charge in [0.1, 0.15) is 0 Å². The van der Waals surface area contributed by atoms with E-state index in [-0.39, 0.29) is 11.3 Å². The van der Waals surface area contributed by atoms with Gasteiger partial charge in [-0.15, -0.1) is 0 Å². The molecule has 4 heteroatoms. The number of nitrogens with zero attached hydrogens (tertiary/aromatic N) is 1. The maximum absolute atomic E-state index is 12.6. The number of amides is 1. The fourth-order valence-electron chi connectivity index (χ4n) is 4.99. The molecule has 2 aromatic carbocycles. The summed E-state index contributed by atoms with van der Waals surface area (Å²) >= 11 is 0. The molecule has 1 aliphatic rings. The van der Waals surface area contributed by atoms with Gasteiger partial charge in [-0.3, -0.25) is 4.79 Å². The smallest absolute Gasteiger partial charge is 0.224 e. The summed E-state index contributed by atoms with van der Waals surface area (Å²) in [6.07, 6.45) is 9.02. The average molecular weight is 446 g/mol. The molecular weight excluding hydrogens is 406 g/mol. The van der Waals surface area contributed by atoms with Crippen LogP contribution in [0.15, 0.2) is 48.7 Å². The first-order valence-electron chi connectivity index (χ1n) is 12.5. The number of fused-ring (bicyclic) bond motifs is 1. The summed E-state index contributed by atoms with van der Waals surface area (Å²) in [7, 11) is 2.19. The summed E-state index contributed by atoms with van der Waals surface area (Å²) in [6.45, 7) is 8.34. The van der Waals surface area contributed by atoms with E-state index >= 15 is 0 Å². The van der Waals surface area contributed by atoms with E-state index in [1.165, 1.54) is 48.8 Å². The predicted octanol–water partition coefficient (Wildman–Crippen LogP) is 6.06. The van der Waals surface area contributed by atoms with Crippen molar-refractivity contribution in [3.05, 3.63) is 59.8 Å². The highest BCUT2D eigenvalue weighted by molar-refractivity contribution is 5.91. The number of carbonyl (C=O) groups excluding carboxylic acids is 1. The topological polar surface area (TPSA) is 48.1 Å². The van der Waals surface area contributed by atoms with Crippen molar-refractivity contribution in [2.45, 2.75) is 70.8 Å². The van der Waals surface area contributed by atoms with Crippen molar-refractivity contribution in [1.29, 1.82) is 0 Å². The number of H-pyrrole nitrogens is 1. The van der Waals surface area contributed by atoms with E-state index in [2.05, 4.69) is 85.5 Å². The lowest BCUT2D eigenvalue weighted by atomic mass is 9.86. The van der Waals surface area contributed by atoms with E-state index in [1.807, 2.05) is 6.20 Å². The van der Waals surface area contributed by atoms with Gasteiger partial charge in [-0.2, -0.15) is 0 Å². The summed E-state index contributed by atoms with van der Waals surface area (Å²) in [5, 5.41) is 4.24. The second-order valence-corrected chi connectivity index (χ2v) is 10.7. The first kappa shape index (κ1) is 23.6. The van der Waals surface area contributed by atoms with Crippen molar-refractivity contribution >= 4 is 16.8 Å². The van der Waals surface area contributed by atoms with Crippen LogP contribution in [0.3, 0.4) is 0 Å². The van der Waals surface area contributed by atoms with E-state index < -0.39 is 0 Å². The van der Waals surface area contributed by atoms with Crippen LogP contribution >= 0.6 is 0 Å². The Morgan fingerprint density at radius 2 is 1.73 bits per heavy atom. The predicted molar refractivity (Wildman–Crippen MR) is 139 cm³/mol. The maximum Gasteiger partial charge on any atom is 0.224 e. The number of aromatic nitrogens is 1. The third-order valence-corrected chi connectivity index (χ3v) is 7.19. The molecule has 176 valence electrons. The minimum Gasteiger partial charge on any atom is -0.361 e. The van der Waals surface area contributed by atoms with Gasteiger partial charge in [-0.25, -0.2) is 0 Å². The van der Waals surface area contributed by atoms with Crippen molar-refractivity contribution in [3.8, 4) is 11.1 Å². The molecule has 1 saturated carbocycles. The van der Waals surface area contributed by atoms with Crippen LogP contribution in [0.2, 0.25) is 0 Å². The minimum atomic E-state index is 0.0924. The molecule has 0 bridgehead atoms. The lowest BCUT2D eigenvalue weighted by Gasteiger charge is -2.31. The van der Waals surface area contributed by atoms with Gasteiger partial charge in [-0.05, 0) is 53.6 Å². The van der Waals surface area contributed by atoms with Crippen LogP contribution < -0.4 is 5.32 Å². The molecule has 4 rings (SSSR count). The Morgan fingerprint density at radius 1 is 1.03 bits per heavy atom. The van der Waals surface area contributed by atoms with E-state index in [0.29, 0.717) is 19.0 Å². The van der Waals surface area contributed by atoms with Gasteiger partial charge in [0.05, 0.1) is 6.42 Å². The van der Waals surface area contributed by atoms with Gasteiger partial charge < -0.3 is 15.2 Å². The molecule has 2 N–H and O–H groups in total. The zero-order valence-corrected chi connectivity index (χ0v) is 20.7. The molecule has 1 aliphatic carbocycles. The zero-order valence-electron chi connectivity index (χ0n) is 20.7. The van der Waals surface area contributed by atoms with E-state index in [0.717, 1.165) is 23.0 Å². The molecule has 4 nitrogen and oxygen atoms in total. The number of rotatable bonds is 7. The van der Waals surface area contributed by atoms with Gasteiger partial charge >= 0.3 is 0 Å². The van der Waals surface area contributed by atoms with Crippen LogP contribution in [0, 0.1) is 0 Å². The highest BCUT2D eigenvalue weighted by atomic mass is 16.1. The molecule has 0 saturated heterocycles. The van der Waals surface area contributed by atoms with Crippen molar-refractivity contribution in [3.63, 3.8) is 0 Å². The molecule has 0 radical (unpaired) electrons. The Kier molecular flexibility index (Phi) is 7.23. The standard InChI is InChI=1S/C29H39N3O/c1-29(2,3)24-13-10-21(11-14-24)22-12-15-26-23(20-31-27(26)18-22)19-28(33)30-16-17-32(4)25-8-6-5-7-9-25/h10-15,18,20,25,31H,5-9,16-17,19H2,1-4H3,(H,30,33). The van der Waals surface area contributed by atoms with Crippen LogP contribution in [0.25, 0.3) is 22.0 Å². The zero-order chi connectivity index (χ0) is 23.4. The van der Waals surface area contributed by atoms with E-state index in [9.17, 15) is 4.79 Å². The van der Waals surface area contributed by atoms with Crippen LogP contribution in [0.5, 0.6) is 0 Å². The normalized spacial score (nSPS) is 15.3. The summed E-state index contributed by atoms with van der Waals surface area (Å²) in [5.41, 5.74) is 6.02. The van der Waals surface area contributed by atoms with Crippen molar-refractivity contribution < 1.29 is 4.79 Å². The monoisotopic (exact) mass is 445 g/mol. The number of likely N-dealkylation sites (N-methyl/N-ethyl adjacent to an activating group) is 1. The lowest BCUT2D eigenvalue weighted by Crippen LogP contribution is -2.39. The van der Waals surface area contributed by atoms with Gasteiger partial charge in [0.15, 0.2) is 0 Å². The molecule has 0 atom stereocenters. The molecule has 1 amide bonds. The summed E-state index contributed by atoms with van der Waals surface area (Å²) in [6, 6.07) is 16.0. The molecule has 0 aliphatic heterocycles. The molecular formula is C29H39N3O. The van der Waals surface area contributed by atoms with E-state index in [1.54, 1.807) is 0 Å². The van der Waals surface area contributed by atoms with Crippen LogP contribution in [-0.4, -0.2) is 42.0 Å². The Labute approximate surface area is 198 Å². The second-order valence-electron chi connectivity index (χ2n) is 10.7. The van der Waals surface area contributed by atoms with Crippen molar-refractivity contribution in [2.24, 2.45) is 0 Å². The molecule has 1 aromatic heterocycles. The number of hydrogen-bond acceptors (Lipinski definition) is 2. The first-order chi connectivity index (χ1) is 15.8. The quantitative estimate of drug-likeness (QED) is 0.465. The number of benzene rings is 2. The molecule has 0 spiro atoms. The van der Waals surface area contributed by atoms with Crippen LogP contribution in [0.4, 0.5) is 0 Å². The molecule has 0 unspecified atom stereocenters. The summed E-state index contributed by atoms with van der Waals surface area (Å²) < 4.78 is 0. The fourth-order valence-corrected chi connectivity index (χ4v) is 4.99. The van der Waals surface area contributed by atoms with E-state index in [4.69, 9.17) is 0 Å². The molecule has 33 heavy (non-hydrogen) atoms. The summed E-state index contributed by atoms with van der Waals surface area (Å²) in [5.74, 6) is 0.0924. The second kappa shape index (κ2) is 10.1. The lowest BCUT2D eigenvalue weighted by molar-refractivity contribution is -0.120. The summed E-state index contributed by atoms with van der Waals surface area (Å²) in [4.78, 5) is 18.4.